The maximum absolute atomic E-state index is 11.1. The highest BCUT2D eigenvalue weighted by Gasteiger charge is 2.16. The molecule has 0 aliphatic rings. The van der Waals surface area contributed by atoms with Crippen LogP contribution >= 0.6 is 22.7 Å². The van der Waals surface area contributed by atoms with Gasteiger partial charge in [0, 0.05) is 6.20 Å². The van der Waals surface area contributed by atoms with Crippen LogP contribution in [0.1, 0.15) is 10.4 Å². The Balaban J connectivity index is 2.02. The Labute approximate surface area is 138 Å². The Morgan fingerprint density at radius 2 is 1.65 bits per heavy atom. The fourth-order valence-electron chi connectivity index (χ4n) is 2.23. The number of thiophene rings is 2. The number of rotatable bonds is 3. The molecule has 5 nitrogen and oxygen atoms in total. The van der Waals surface area contributed by atoms with Crippen LogP contribution in [0.25, 0.3) is 32.3 Å². The number of carboxylic acid groups (broad SMARTS) is 1. The van der Waals surface area contributed by atoms with E-state index in [1.807, 2.05) is 35.0 Å². The third kappa shape index (κ3) is 2.49. The number of nitrogens with zero attached hydrogens (tertiary/aromatic N) is 3. The SMILES string of the molecule is O=C(O)c1cnc2nc(-c3cccs3)c(-c3cccs3)nc2c1. The lowest BCUT2D eigenvalue weighted by Gasteiger charge is -2.07. The highest BCUT2D eigenvalue weighted by Crippen LogP contribution is 2.35. The number of aromatic nitrogens is 3. The lowest BCUT2D eigenvalue weighted by molar-refractivity contribution is 0.0696. The maximum Gasteiger partial charge on any atom is 0.337 e. The third-order valence-electron chi connectivity index (χ3n) is 3.28. The Morgan fingerprint density at radius 1 is 1.00 bits per heavy atom. The van der Waals surface area contributed by atoms with Gasteiger partial charge in [0.1, 0.15) is 16.9 Å². The summed E-state index contributed by atoms with van der Waals surface area (Å²) in [5.74, 6) is -1.03. The van der Waals surface area contributed by atoms with Crippen molar-refractivity contribution in [3.05, 3.63) is 52.9 Å². The van der Waals surface area contributed by atoms with Crippen molar-refractivity contribution in [1.29, 1.82) is 0 Å². The van der Waals surface area contributed by atoms with Crippen LogP contribution in [0.3, 0.4) is 0 Å². The number of hydrogen-bond acceptors (Lipinski definition) is 6. The molecule has 0 aliphatic heterocycles. The summed E-state index contributed by atoms with van der Waals surface area (Å²) in [7, 11) is 0. The molecule has 0 spiro atoms. The summed E-state index contributed by atoms with van der Waals surface area (Å²) >= 11 is 3.16. The molecule has 0 radical (unpaired) electrons. The number of carbonyl (C=O) groups is 1. The predicted molar refractivity (Wildman–Crippen MR) is 90.9 cm³/mol. The minimum absolute atomic E-state index is 0.104. The van der Waals surface area contributed by atoms with E-state index in [0.717, 1.165) is 21.1 Å². The molecule has 0 atom stereocenters. The van der Waals surface area contributed by atoms with Crippen LogP contribution in [-0.2, 0) is 0 Å². The number of carboxylic acids is 1. The first kappa shape index (κ1) is 14.0. The van der Waals surface area contributed by atoms with Gasteiger partial charge in [-0.2, -0.15) is 0 Å². The second kappa shape index (κ2) is 5.53. The van der Waals surface area contributed by atoms with Crippen molar-refractivity contribution in [3.63, 3.8) is 0 Å². The number of fused-ring (bicyclic) bond motifs is 1. The molecule has 4 rings (SSSR count). The topological polar surface area (TPSA) is 76.0 Å². The van der Waals surface area contributed by atoms with E-state index in [4.69, 9.17) is 5.11 Å². The van der Waals surface area contributed by atoms with Crippen molar-refractivity contribution in [1.82, 2.24) is 15.0 Å². The minimum Gasteiger partial charge on any atom is -0.478 e. The van der Waals surface area contributed by atoms with Gasteiger partial charge in [-0.25, -0.2) is 19.7 Å². The zero-order valence-electron chi connectivity index (χ0n) is 11.6. The molecule has 0 saturated heterocycles. The fraction of sp³-hybridized carbons (Fsp3) is 0. The van der Waals surface area contributed by atoms with E-state index >= 15 is 0 Å². The molecule has 0 saturated carbocycles. The van der Waals surface area contributed by atoms with E-state index in [-0.39, 0.29) is 5.56 Å². The van der Waals surface area contributed by atoms with Gasteiger partial charge < -0.3 is 5.11 Å². The van der Waals surface area contributed by atoms with E-state index < -0.39 is 5.97 Å². The van der Waals surface area contributed by atoms with Gasteiger partial charge in [0.05, 0.1) is 15.3 Å². The molecule has 0 fully saturated rings. The summed E-state index contributed by atoms with van der Waals surface area (Å²) in [5, 5.41) is 13.1. The van der Waals surface area contributed by atoms with Gasteiger partial charge in [0.2, 0.25) is 0 Å². The van der Waals surface area contributed by atoms with Crippen LogP contribution in [0.4, 0.5) is 0 Å². The highest BCUT2D eigenvalue weighted by molar-refractivity contribution is 7.14. The first-order valence-electron chi connectivity index (χ1n) is 6.71. The Morgan fingerprint density at radius 3 is 2.22 bits per heavy atom. The molecule has 4 heterocycles. The maximum atomic E-state index is 11.1. The monoisotopic (exact) mass is 339 g/mol. The molecule has 7 heteroatoms. The largest absolute Gasteiger partial charge is 0.478 e. The van der Waals surface area contributed by atoms with Crippen LogP contribution < -0.4 is 0 Å². The number of hydrogen-bond donors (Lipinski definition) is 1. The summed E-state index contributed by atoms with van der Waals surface area (Å²) in [6.45, 7) is 0. The van der Waals surface area contributed by atoms with Gasteiger partial charge in [-0.3, -0.25) is 0 Å². The first-order valence-corrected chi connectivity index (χ1v) is 8.47. The Hall–Kier alpha value is -2.64. The zero-order chi connectivity index (χ0) is 15.8. The summed E-state index contributed by atoms with van der Waals surface area (Å²) in [5.41, 5.74) is 2.55. The summed E-state index contributed by atoms with van der Waals surface area (Å²) in [6.07, 6.45) is 1.31. The van der Waals surface area contributed by atoms with E-state index in [2.05, 4.69) is 15.0 Å². The van der Waals surface area contributed by atoms with Gasteiger partial charge >= 0.3 is 5.97 Å². The standard InChI is InChI=1S/C16H9N3O2S2/c20-16(21)9-7-10-15(17-8-9)19-14(12-4-2-6-23-12)13(18-10)11-3-1-5-22-11/h1-8H,(H,20,21). The quantitative estimate of drug-likeness (QED) is 0.606. The van der Waals surface area contributed by atoms with Crippen LogP contribution in [-0.4, -0.2) is 26.0 Å². The lowest BCUT2D eigenvalue weighted by atomic mass is 10.2. The zero-order valence-corrected chi connectivity index (χ0v) is 13.3. The molecule has 0 bridgehead atoms. The van der Waals surface area contributed by atoms with Crippen molar-refractivity contribution >= 4 is 39.8 Å². The molecule has 4 aromatic heterocycles. The molecule has 0 amide bonds. The molecule has 112 valence electrons. The van der Waals surface area contributed by atoms with Crippen molar-refractivity contribution in [2.24, 2.45) is 0 Å². The van der Waals surface area contributed by atoms with Crippen molar-refractivity contribution in [3.8, 4) is 21.1 Å². The highest BCUT2D eigenvalue weighted by atomic mass is 32.1. The Bertz CT molecular complexity index is 996. The molecular weight excluding hydrogens is 330 g/mol. The van der Waals surface area contributed by atoms with Gasteiger partial charge in [0.25, 0.3) is 0 Å². The van der Waals surface area contributed by atoms with Gasteiger partial charge in [-0.05, 0) is 29.0 Å². The summed E-state index contributed by atoms with van der Waals surface area (Å²) in [4.78, 5) is 26.5. The molecular formula is C16H9N3O2S2. The second-order valence-electron chi connectivity index (χ2n) is 4.75. The lowest BCUT2D eigenvalue weighted by Crippen LogP contribution is -2.00. The van der Waals surface area contributed by atoms with Crippen LogP contribution in [0, 0.1) is 0 Å². The van der Waals surface area contributed by atoms with Crippen LogP contribution in [0.15, 0.2) is 47.3 Å². The number of pyridine rings is 1. The van der Waals surface area contributed by atoms with Crippen LogP contribution in [0.2, 0.25) is 0 Å². The summed E-state index contributed by atoms with van der Waals surface area (Å²) < 4.78 is 0. The Kier molecular flexibility index (Phi) is 3.36. The molecule has 0 unspecified atom stereocenters. The van der Waals surface area contributed by atoms with Gasteiger partial charge in [0.15, 0.2) is 5.65 Å². The van der Waals surface area contributed by atoms with Gasteiger partial charge in [-0.1, -0.05) is 12.1 Å². The number of aromatic carboxylic acids is 1. The van der Waals surface area contributed by atoms with E-state index in [9.17, 15) is 4.79 Å². The first-order chi connectivity index (χ1) is 11.2. The van der Waals surface area contributed by atoms with E-state index in [1.54, 1.807) is 22.7 Å². The molecule has 0 aromatic carbocycles. The van der Waals surface area contributed by atoms with Crippen LogP contribution in [0.5, 0.6) is 0 Å². The average molecular weight is 339 g/mol. The van der Waals surface area contributed by atoms with Gasteiger partial charge in [-0.15, -0.1) is 22.7 Å². The van der Waals surface area contributed by atoms with E-state index in [1.165, 1.54) is 12.3 Å². The normalized spacial score (nSPS) is 11.0. The molecule has 4 aromatic rings. The second-order valence-corrected chi connectivity index (χ2v) is 6.64. The predicted octanol–water partition coefficient (Wildman–Crippen LogP) is 4.18. The fourth-order valence-corrected chi connectivity index (χ4v) is 3.66. The van der Waals surface area contributed by atoms with Crippen molar-refractivity contribution < 1.29 is 9.90 Å². The van der Waals surface area contributed by atoms with Crippen molar-refractivity contribution in [2.45, 2.75) is 0 Å². The minimum atomic E-state index is -1.03. The third-order valence-corrected chi connectivity index (χ3v) is 5.03. The summed E-state index contributed by atoms with van der Waals surface area (Å²) in [6, 6.07) is 9.39. The smallest absolute Gasteiger partial charge is 0.337 e. The van der Waals surface area contributed by atoms with E-state index in [0.29, 0.717) is 11.2 Å². The molecule has 1 N–H and O–H groups in total. The average Bonchev–Trinajstić information content (AvgIpc) is 3.26. The molecule has 23 heavy (non-hydrogen) atoms. The molecule has 0 aliphatic carbocycles. The van der Waals surface area contributed by atoms with Crippen molar-refractivity contribution in [2.75, 3.05) is 0 Å².